The maximum atomic E-state index is 12.4. The molecule has 0 saturated heterocycles. The minimum absolute atomic E-state index is 0.345. The zero-order chi connectivity index (χ0) is 19.8. The summed E-state index contributed by atoms with van der Waals surface area (Å²) in [6.45, 7) is 1.96. The van der Waals surface area contributed by atoms with Crippen LogP contribution in [0.2, 0.25) is 0 Å². The van der Waals surface area contributed by atoms with Crippen LogP contribution in [0, 0.1) is 0 Å². The summed E-state index contributed by atoms with van der Waals surface area (Å²) < 4.78 is 21.0. The molecule has 0 atom stereocenters. The molecule has 0 aromatic heterocycles. The second kappa shape index (κ2) is 9.47. The Kier molecular flexibility index (Phi) is 7.05. The zero-order valence-corrected chi connectivity index (χ0v) is 16.2. The summed E-state index contributed by atoms with van der Waals surface area (Å²) in [6.07, 6.45) is 0.627. The molecule has 0 unspecified atom stereocenters. The number of rotatable bonds is 8. The highest BCUT2D eigenvalue weighted by molar-refractivity contribution is 6.02. The molecular formula is C20H24N2O5. The summed E-state index contributed by atoms with van der Waals surface area (Å²) >= 11 is 0. The number of hydrogen-bond donors (Lipinski definition) is 1. The Hall–Kier alpha value is -3.22. The maximum Gasteiger partial charge on any atom is 0.271 e. The van der Waals surface area contributed by atoms with Crippen molar-refractivity contribution in [2.75, 3.05) is 28.4 Å². The molecule has 0 radical (unpaired) electrons. The van der Waals surface area contributed by atoms with Crippen molar-refractivity contribution in [3.05, 3.63) is 47.5 Å². The van der Waals surface area contributed by atoms with Gasteiger partial charge in [-0.2, -0.15) is 5.10 Å². The van der Waals surface area contributed by atoms with Crippen molar-refractivity contribution in [2.24, 2.45) is 5.10 Å². The molecule has 0 bridgehead atoms. The fourth-order valence-corrected chi connectivity index (χ4v) is 2.52. The Labute approximate surface area is 158 Å². The molecule has 7 heteroatoms. The minimum atomic E-state index is -0.345. The summed E-state index contributed by atoms with van der Waals surface area (Å²) in [7, 11) is 6.21. The van der Waals surface area contributed by atoms with Gasteiger partial charge < -0.3 is 18.9 Å². The van der Waals surface area contributed by atoms with Crippen LogP contribution in [0.15, 0.2) is 41.5 Å². The van der Waals surface area contributed by atoms with Gasteiger partial charge in [0.15, 0.2) is 23.0 Å². The van der Waals surface area contributed by atoms with E-state index in [2.05, 4.69) is 10.5 Å². The summed E-state index contributed by atoms with van der Waals surface area (Å²) in [4.78, 5) is 12.4. The molecule has 7 nitrogen and oxygen atoms in total. The number of carbonyl (C=O) groups excluding carboxylic acids is 1. The predicted molar refractivity (Wildman–Crippen MR) is 103 cm³/mol. The average Bonchev–Trinajstić information content (AvgIpc) is 2.73. The molecule has 2 rings (SSSR count). The number of amides is 1. The van der Waals surface area contributed by atoms with Crippen LogP contribution < -0.4 is 24.4 Å². The van der Waals surface area contributed by atoms with Gasteiger partial charge in [-0.15, -0.1) is 0 Å². The predicted octanol–water partition coefficient (Wildman–Crippen LogP) is 3.27. The van der Waals surface area contributed by atoms with Gasteiger partial charge in [0.05, 0.1) is 34.2 Å². The number of hydrazone groups is 1. The first-order valence-electron chi connectivity index (χ1n) is 8.39. The maximum absolute atomic E-state index is 12.4. The number of benzene rings is 2. The van der Waals surface area contributed by atoms with Crippen molar-refractivity contribution in [3.8, 4) is 23.0 Å². The summed E-state index contributed by atoms with van der Waals surface area (Å²) in [5.41, 5.74) is 4.55. The molecule has 1 amide bonds. The fraction of sp³-hybridized carbons (Fsp3) is 0.300. The lowest BCUT2D eigenvalue weighted by atomic mass is 10.1. The fourth-order valence-electron chi connectivity index (χ4n) is 2.52. The number of methoxy groups -OCH3 is 4. The second-order valence-electron chi connectivity index (χ2n) is 5.49. The second-order valence-corrected chi connectivity index (χ2v) is 5.49. The molecule has 144 valence electrons. The third-order valence-corrected chi connectivity index (χ3v) is 3.99. The smallest absolute Gasteiger partial charge is 0.271 e. The van der Waals surface area contributed by atoms with E-state index >= 15 is 0 Å². The number of carbonyl (C=O) groups is 1. The van der Waals surface area contributed by atoms with E-state index in [-0.39, 0.29) is 5.91 Å². The normalized spacial score (nSPS) is 10.9. The summed E-state index contributed by atoms with van der Waals surface area (Å²) in [6, 6.07) is 10.4. The molecule has 0 aliphatic carbocycles. The van der Waals surface area contributed by atoms with Crippen molar-refractivity contribution in [3.63, 3.8) is 0 Å². The van der Waals surface area contributed by atoms with Gasteiger partial charge in [0.1, 0.15) is 0 Å². The third-order valence-electron chi connectivity index (χ3n) is 3.99. The van der Waals surface area contributed by atoms with Gasteiger partial charge >= 0.3 is 0 Å². The van der Waals surface area contributed by atoms with E-state index in [9.17, 15) is 4.79 Å². The third kappa shape index (κ3) is 4.69. The van der Waals surface area contributed by atoms with Crippen LogP contribution in [-0.2, 0) is 0 Å². The van der Waals surface area contributed by atoms with Crippen LogP contribution in [0.5, 0.6) is 23.0 Å². The molecule has 0 fully saturated rings. The monoisotopic (exact) mass is 372 g/mol. The minimum Gasteiger partial charge on any atom is -0.493 e. The lowest BCUT2D eigenvalue weighted by Gasteiger charge is -2.11. The molecule has 27 heavy (non-hydrogen) atoms. The molecule has 0 aliphatic rings. The first-order valence-corrected chi connectivity index (χ1v) is 8.39. The van der Waals surface area contributed by atoms with E-state index < -0.39 is 0 Å². The first-order chi connectivity index (χ1) is 13.1. The van der Waals surface area contributed by atoms with Crippen molar-refractivity contribution in [1.82, 2.24) is 5.43 Å². The van der Waals surface area contributed by atoms with E-state index in [0.717, 1.165) is 5.56 Å². The number of hydrogen-bond acceptors (Lipinski definition) is 6. The average molecular weight is 372 g/mol. The Balaban J connectivity index is 2.23. The Morgan fingerprint density at radius 2 is 1.30 bits per heavy atom. The lowest BCUT2D eigenvalue weighted by Crippen LogP contribution is -2.20. The van der Waals surface area contributed by atoms with Crippen molar-refractivity contribution in [1.29, 1.82) is 0 Å². The van der Waals surface area contributed by atoms with Crippen LogP contribution in [0.4, 0.5) is 0 Å². The van der Waals surface area contributed by atoms with E-state index in [1.165, 1.54) is 7.11 Å². The van der Waals surface area contributed by atoms with E-state index in [1.54, 1.807) is 45.6 Å². The van der Waals surface area contributed by atoms with Crippen LogP contribution >= 0.6 is 0 Å². The Morgan fingerprint density at radius 1 is 0.815 bits per heavy atom. The topological polar surface area (TPSA) is 78.4 Å². The highest BCUT2D eigenvalue weighted by Crippen LogP contribution is 2.29. The molecule has 0 aliphatic heterocycles. The van der Waals surface area contributed by atoms with E-state index in [1.807, 2.05) is 19.1 Å². The molecule has 1 N–H and O–H groups in total. The highest BCUT2D eigenvalue weighted by atomic mass is 16.5. The zero-order valence-electron chi connectivity index (χ0n) is 16.2. The lowest BCUT2D eigenvalue weighted by molar-refractivity contribution is 0.0954. The van der Waals surface area contributed by atoms with Crippen molar-refractivity contribution >= 4 is 11.6 Å². The number of ether oxygens (including phenoxy) is 4. The highest BCUT2D eigenvalue weighted by Gasteiger charge is 2.12. The van der Waals surface area contributed by atoms with Gasteiger partial charge in [0.25, 0.3) is 5.91 Å². The SMILES string of the molecule is CC/C(=N/NC(=O)c1ccc(OC)c(OC)c1)c1ccc(OC)c(OC)c1. The molecule has 0 saturated carbocycles. The van der Waals surface area contributed by atoms with E-state index in [0.29, 0.717) is 40.7 Å². The molecule has 2 aromatic carbocycles. The number of nitrogens with zero attached hydrogens (tertiary/aromatic N) is 1. The molecular weight excluding hydrogens is 348 g/mol. The Morgan fingerprint density at radius 3 is 1.78 bits per heavy atom. The summed E-state index contributed by atoms with van der Waals surface area (Å²) in [5.74, 6) is 1.91. The summed E-state index contributed by atoms with van der Waals surface area (Å²) in [5, 5.41) is 4.27. The van der Waals surface area contributed by atoms with Gasteiger partial charge in [0.2, 0.25) is 0 Å². The van der Waals surface area contributed by atoms with Crippen LogP contribution in [0.3, 0.4) is 0 Å². The van der Waals surface area contributed by atoms with Gasteiger partial charge in [-0.1, -0.05) is 6.92 Å². The molecule has 0 spiro atoms. The van der Waals surface area contributed by atoms with E-state index in [4.69, 9.17) is 18.9 Å². The molecule has 0 heterocycles. The van der Waals surface area contributed by atoms with Gasteiger partial charge in [-0.25, -0.2) is 5.43 Å². The number of nitrogens with one attached hydrogen (secondary N) is 1. The first kappa shape index (κ1) is 20.1. The van der Waals surface area contributed by atoms with Crippen LogP contribution in [0.25, 0.3) is 0 Å². The largest absolute Gasteiger partial charge is 0.493 e. The van der Waals surface area contributed by atoms with Crippen LogP contribution in [0.1, 0.15) is 29.3 Å². The standard InChI is InChI=1S/C20H24N2O5/c1-6-15(13-7-9-16(24-2)18(11-13)26-4)21-22-20(23)14-8-10-17(25-3)19(12-14)27-5/h7-12H,6H2,1-5H3,(H,22,23)/b21-15-. The van der Waals surface area contributed by atoms with Gasteiger partial charge in [0, 0.05) is 11.1 Å². The molecule has 2 aromatic rings. The van der Waals surface area contributed by atoms with Crippen LogP contribution in [-0.4, -0.2) is 40.1 Å². The van der Waals surface area contributed by atoms with Crippen molar-refractivity contribution < 1.29 is 23.7 Å². The van der Waals surface area contributed by atoms with Gasteiger partial charge in [-0.3, -0.25) is 4.79 Å². The van der Waals surface area contributed by atoms with Crippen molar-refractivity contribution in [2.45, 2.75) is 13.3 Å². The Bertz CT molecular complexity index is 833. The quantitative estimate of drug-likeness (QED) is 0.568. The van der Waals surface area contributed by atoms with Gasteiger partial charge in [-0.05, 0) is 42.8 Å².